The molecule has 0 unspecified atom stereocenters. The molecule has 2 aliphatic rings. The van der Waals surface area contributed by atoms with E-state index in [1.165, 1.54) is 0 Å². The first-order valence-electron chi connectivity index (χ1n) is 10.4. The largest absolute Gasteiger partial charge is 0.381 e. The van der Waals surface area contributed by atoms with Crippen molar-refractivity contribution >= 4 is 11.8 Å². The average molecular weight is 392 g/mol. The van der Waals surface area contributed by atoms with E-state index in [1.807, 2.05) is 19.9 Å². The lowest BCUT2D eigenvalue weighted by Gasteiger charge is -2.36. The van der Waals surface area contributed by atoms with Crippen LogP contribution >= 0.6 is 0 Å². The van der Waals surface area contributed by atoms with Crippen molar-refractivity contribution in [2.75, 3.05) is 26.3 Å². The smallest absolute Gasteiger partial charge is 0.241 e. The minimum absolute atomic E-state index is 0.0364. The third-order valence-electron chi connectivity index (χ3n) is 5.51. The standard InChI is InChI=1S/C20H33N5O3/c1-15(2)22-20(27)16-4-5-17(23-19(26)14-25-9-3-8-21-25)13-24(12-16)18-6-10-28-11-7-18/h3,8-9,15-18H,4-7,10-14H2,1-2H3,(H,22,27)(H,23,26)/t16-,17+/m1/s1. The Morgan fingerprint density at radius 2 is 1.96 bits per heavy atom. The van der Waals surface area contributed by atoms with Crippen molar-refractivity contribution in [2.24, 2.45) is 5.92 Å². The first kappa shape index (κ1) is 20.8. The van der Waals surface area contributed by atoms with Crippen molar-refractivity contribution in [1.82, 2.24) is 25.3 Å². The SMILES string of the molecule is CC(C)NC(=O)[C@@H]1CC[C@H](NC(=O)Cn2cccn2)CN(C2CCOCC2)C1. The van der Waals surface area contributed by atoms with Gasteiger partial charge >= 0.3 is 0 Å². The molecule has 2 aliphatic heterocycles. The Hall–Kier alpha value is -1.93. The van der Waals surface area contributed by atoms with Crippen LogP contribution in [-0.2, 0) is 20.9 Å². The van der Waals surface area contributed by atoms with Crippen LogP contribution in [0.15, 0.2) is 18.5 Å². The van der Waals surface area contributed by atoms with Crippen molar-refractivity contribution in [1.29, 1.82) is 0 Å². The summed E-state index contributed by atoms with van der Waals surface area (Å²) in [6.45, 7) is 7.25. The number of nitrogens with zero attached hydrogens (tertiary/aromatic N) is 3. The third kappa shape index (κ3) is 6.04. The summed E-state index contributed by atoms with van der Waals surface area (Å²) < 4.78 is 7.14. The van der Waals surface area contributed by atoms with Crippen molar-refractivity contribution < 1.29 is 14.3 Å². The minimum atomic E-state index is -0.0433. The molecule has 0 saturated carbocycles. The Bertz CT molecular complexity index is 628. The lowest BCUT2D eigenvalue weighted by atomic mass is 10.00. The lowest BCUT2D eigenvalue weighted by molar-refractivity contribution is -0.126. The zero-order chi connectivity index (χ0) is 19.9. The molecule has 0 bridgehead atoms. The number of carbonyl (C=O) groups is 2. The molecule has 0 aliphatic carbocycles. The van der Waals surface area contributed by atoms with Gasteiger partial charge in [-0.2, -0.15) is 5.10 Å². The summed E-state index contributed by atoms with van der Waals surface area (Å²) in [5.74, 6) is 0.0412. The molecule has 28 heavy (non-hydrogen) atoms. The molecule has 1 aromatic heterocycles. The van der Waals surface area contributed by atoms with Crippen molar-refractivity contribution in [3.63, 3.8) is 0 Å². The van der Waals surface area contributed by atoms with Crippen LogP contribution in [0.4, 0.5) is 0 Å². The van der Waals surface area contributed by atoms with E-state index < -0.39 is 0 Å². The molecule has 8 heteroatoms. The molecule has 2 saturated heterocycles. The van der Waals surface area contributed by atoms with Crippen LogP contribution in [0.25, 0.3) is 0 Å². The molecule has 2 amide bonds. The predicted molar refractivity (Wildman–Crippen MR) is 106 cm³/mol. The first-order valence-corrected chi connectivity index (χ1v) is 10.4. The Morgan fingerprint density at radius 1 is 1.18 bits per heavy atom. The second-order valence-electron chi connectivity index (χ2n) is 8.20. The number of likely N-dealkylation sites (tertiary alicyclic amines) is 1. The van der Waals surface area contributed by atoms with E-state index in [0.29, 0.717) is 6.04 Å². The van der Waals surface area contributed by atoms with Crippen molar-refractivity contribution in [3.8, 4) is 0 Å². The maximum Gasteiger partial charge on any atom is 0.241 e. The third-order valence-corrected chi connectivity index (χ3v) is 5.51. The van der Waals surface area contributed by atoms with Gasteiger partial charge in [0.05, 0.1) is 5.92 Å². The molecule has 0 aromatic carbocycles. The average Bonchev–Trinajstić information content (AvgIpc) is 3.07. The van der Waals surface area contributed by atoms with Gasteiger partial charge in [0.15, 0.2) is 0 Å². The summed E-state index contributed by atoms with van der Waals surface area (Å²) in [6.07, 6.45) is 7.00. The Morgan fingerprint density at radius 3 is 2.64 bits per heavy atom. The first-order chi connectivity index (χ1) is 13.5. The molecule has 8 nitrogen and oxygen atoms in total. The van der Waals surface area contributed by atoms with E-state index >= 15 is 0 Å². The number of rotatable bonds is 6. The summed E-state index contributed by atoms with van der Waals surface area (Å²) >= 11 is 0. The molecule has 3 heterocycles. The van der Waals surface area contributed by atoms with E-state index in [-0.39, 0.29) is 36.4 Å². The Kier molecular flexibility index (Phi) is 7.44. The van der Waals surface area contributed by atoms with Crippen LogP contribution in [0, 0.1) is 5.92 Å². The Balaban J connectivity index is 1.64. The fourth-order valence-corrected chi connectivity index (χ4v) is 4.12. The van der Waals surface area contributed by atoms with Gasteiger partial charge in [-0.15, -0.1) is 0 Å². The van der Waals surface area contributed by atoms with Gasteiger partial charge in [0, 0.05) is 56.8 Å². The molecular formula is C20H33N5O3. The number of carbonyl (C=O) groups excluding carboxylic acids is 2. The molecule has 0 spiro atoms. The number of hydrogen-bond acceptors (Lipinski definition) is 5. The monoisotopic (exact) mass is 391 g/mol. The highest BCUT2D eigenvalue weighted by Crippen LogP contribution is 2.23. The van der Waals surface area contributed by atoms with Crippen molar-refractivity contribution in [2.45, 2.75) is 64.2 Å². The maximum absolute atomic E-state index is 12.7. The quantitative estimate of drug-likeness (QED) is 0.748. The maximum atomic E-state index is 12.7. The van der Waals surface area contributed by atoms with Crippen LogP contribution in [0.2, 0.25) is 0 Å². The van der Waals surface area contributed by atoms with Gasteiger partial charge in [-0.3, -0.25) is 19.2 Å². The van der Waals surface area contributed by atoms with E-state index in [9.17, 15) is 9.59 Å². The lowest BCUT2D eigenvalue weighted by Crippen LogP contribution is -2.49. The molecular weight excluding hydrogens is 358 g/mol. The zero-order valence-corrected chi connectivity index (χ0v) is 17.0. The van der Waals surface area contributed by atoms with Gasteiger partial charge < -0.3 is 15.4 Å². The number of nitrogens with one attached hydrogen (secondary N) is 2. The van der Waals surface area contributed by atoms with E-state index in [4.69, 9.17) is 4.74 Å². The van der Waals surface area contributed by atoms with Crippen LogP contribution in [0.5, 0.6) is 0 Å². The number of ether oxygens (including phenoxy) is 1. The highest BCUT2D eigenvalue weighted by atomic mass is 16.5. The van der Waals surface area contributed by atoms with Gasteiger partial charge in [-0.25, -0.2) is 0 Å². The van der Waals surface area contributed by atoms with E-state index in [2.05, 4.69) is 20.6 Å². The summed E-state index contributed by atoms with van der Waals surface area (Å²) in [4.78, 5) is 27.5. The van der Waals surface area contributed by atoms with Crippen LogP contribution in [0.3, 0.4) is 0 Å². The van der Waals surface area contributed by atoms with E-state index in [1.54, 1.807) is 17.1 Å². The normalized spacial score (nSPS) is 24.7. The van der Waals surface area contributed by atoms with Gasteiger partial charge in [0.1, 0.15) is 6.54 Å². The fraction of sp³-hybridized carbons (Fsp3) is 0.750. The van der Waals surface area contributed by atoms with Gasteiger partial charge in [-0.1, -0.05) is 0 Å². The number of amides is 2. The second-order valence-corrected chi connectivity index (χ2v) is 8.20. The number of aromatic nitrogens is 2. The topological polar surface area (TPSA) is 88.5 Å². The number of hydrogen-bond donors (Lipinski definition) is 2. The van der Waals surface area contributed by atoms with Gasteiger partial charge in [-0.05, 0) is 45.6 Å². The molecule has 2 fully saturated rings. The molecule has 2 atom stereocenters. The summed E-state index contributed by atoms with van der Waals surface area (Å²) in [6, 6.07) is 2.40. The Labute approximate surface area is 167 Å². The fourth-order valence-electron chi connectivity index (χ4n) is 4.12. The van der Waals surface area contributed by atoms with E-state index in [0.717, 1.165) is 52.0 Å². The predicted octanol–water partition coefficient (Wildman–Crippen LogP) is 0.784. The van der Waals surface area contributed by atoms with Gasteiger partial charge in [0.25, 0.3) is 0 Å². The minimum Gasteiger partial charge on any atom is -0.381 e. The molecule has 156 valence electrons. The van der Waals surface area contributed by atoms with Gasteiger partial charge in [0.2, 0.25) is 11.8 Å². The molecule has 3 rings (SSSR count). The highest BCUT2D eigenvalue weighted by molar-refractivity contribution is 5.79. The van der Waals surface area contributed by atoms with Crippen molar-refractivity contribution in [3.05, 3.63) is 18.5 Å². The molecule has 2 N–H and O–H groups in total. The van der Waals surface area contributed by atoms with Crippen LogP contribution in [0.1, 0.15) is 39.5 Å². The summed E-state index contributed by atoms with van der Waals surface area (Å²) in [7, 11) is 0. The summed E-state index contributed by atoms with van der Waals surface area (Å²) in [5, 5.41) is 10.3. The summed E-state index contributed by atoms with van der Waals surface area (Å²) in [5.41, 5.74) is 0. The van der Waals surface area contributed by atoms with Crippen LogP contribution in [-0.4, -0.2) is 70.9 Å². The second kappa shape index (κ2) is 10.0. The van der Waals surface area contributed by atoms with Crippen LogP contribution < -0.4 is 10.6 Å². The molecule has 1 aromatic rings. The molecule has 0 radical (unpaired) electrons. The zero-order valence-electron chi connectivity index (χ0n) is 17.0. The highest BCUT2D eigenvalue weighted by Gasteiger charge is 2.33.